The minimum Gasteiger partial charge on any atom is -0.320 e. The zero-order valence-electron chi connectivity index (χ0n) is 9.65. The summed E-state index contributed by atoms with van der Waals surface area (Å²) in [5, 5.41) is 6.61. The van der Waals surface area contributed by atoms with Crippen molar-refractivity contribution in [3.05, 3.63) is 0 Å². The summed E-state index contributed by atoms with van der Waals surface area (Å²) in [6.07, 6.45) is 1.31. The van der Waals surface area contributed by atoms with E-state index in [1.165, 1.54) is 6.42 Å². The number of rotatable bonds is 5. The Bertz CT molecular complexity index is 169. The van der Waals surface area contributed by atoms with Crippen LogP contribution in [0, 0.1) is 17.3 Å². The van der Waals surface area contributed by atoms with E-state index in [-0.39, 0.29) is 0 Å². The molecule has 4 atom stereocenters. The molecule has 0 aliphatic heterocycles. The Morgan fingerprint density at radius 3 is 2.46 bits per heavy atom. The van der Waals surface area contributed by atoms with Crippen molar-refractivity contribution in [2.45, 2.75) is 33.2 Å². The van der Waals surface area contributed by atoms with E-state index in [1.807, 2.05) is 7.05 Å². The average Bonchev–Trinajstić information content (AvgIpc) is 2.66. The molecule has 0 bridgehead atoms. The van der Waals surface area contributed by atoms with Gasteiger partial charge in [-0.1, -0.05) is 13.8 Å². The summed E-state index contributed by atoms with van der Waals surface area (Å²) in [5.41, 5.74) is 0.575. The minimum absolute atomic E-state index is 0.575. The van der Waals surface area contributed by atoms with Crippen LogP contribution >= 0.6 is 0 Å². The van der Waals surface area contributed by atoms with Gasteiger partial charge >= 0.3 is 0 Å². The monoisotopic (exact) mass is 184 g/mol. The van der Waals surface area contributed by atoms with Gasteiger partial charge in [0.05, 0.1) is 0 Å². The fourth-order valence-corrected chi connectivity index (χ4v) is 2.81. The summed E-state index contributed by atoms with van der Waals surface area (Å²) in [7, 11) is 4.10. The van der Waals surface area contributed by atoms with E-state index in [9.17, 15) is 0 Å². The lowest BCUT2D eigenvalue weighted by atomic mass is 9.98. The van der Waals surface area contributed by atoms with E-state index in [0.29, 0.717) is 11.5 Å². The molecule has 0 saturated heterocycles. The Balaban J connectivity index is 2.44. The first kappa shape index (κ1) is 11.0. The van der Waals surface area contributed by atoms with E-state index in [2.05, 4.69) is 38.5 Å². The highest BCUT2D eigenvalue weighted by Crippen LogP contribution is 2.61. The van der Waals surface area contributed by atoms with Gasteiger partial charge in [-0.05, 0) is 51.2 Å². The molecule has 0 aromatic carbocycles. The average molecular weight is 184 g/mol. The molecule has 13 heavy (non-hydrogen) atoms. The van der Waals surface area contributed by atoms with Crippen LogP contribution in [0.1, 0.15) is 27.2 Å². The fourth-order valence-electron chi connectivity index (χ4n) is 2.81. The Kier molecular flexibility index (Phi) is 3.36. The van der Waals surface area contributed by atoms with E-state index >= 15 is 0 Å². The van der Waals surface area contributed by atoms with Crippen molar-refractivity contribution in [3.8, 4) is 0 Å². The van der Waals surface area contributed by atoms with Crippen LogP contribution in [0.15, 0.2) is 0 Å². The van der Waals surface area contributed by atoms with Crippen molar-refractivity contribution < 1.29 is 0 Å². The molecule has 0 aromatic heterocycles. The van der Waals surface area contributed by atoms with Gasteiger partial charge in [0.1, 0.15) is 0 Å². The second kappa shape index (κ2) is 3.97. The number of hydrogen-bond acceptors (Lipinski definition) is 2. The second-order valence-corrected chi connectivity index (χ2v) is 4.75. The number of hydrogen-bond donors (Lipinski definition) is 2. The van der Waals surface area contributed by atoms with Crippen LogP contribution in [0.25, 0.3) is 0 Å². The topological polar surface area (TPSA) is 24.1 Å². The quantitative estimate of drug-likeness (QED) is 0.676. The van der Waals surface area contributed by atoms with E-state index < -0.39 is 0 Å². The van der Waals surface area contributed by atoms with Gasteiger partial charge in [-0.25, -0.2) is 0 Å². The third-order valence-corrected chi connectivity index (χ3v) is 4.14. The van der Waals surface area contributed by atoms with Gasteiger partial charge in [0.15, 0.2) is 0 Å². The van der Waals surface area contributed by atoms with Crippen LogP contribution in [-0.4, -0.2) is 26.7 Å². The molecule has 1 saturated carbocycles. The van der Waals surface area contributed by atoms with Crippen molar-refractivity contribution in [2.24, 2.45) is 17.3 Å². The molecule has 0 amide bonds. The first-order valence-electron chi connectivity index (χ1n) is 5.39. The smallest absolute Gasteiger partial charge is 0.00720 e. The summed E-state index contributed by atoms with van der Waals surface area (Å²) in [4.78, 5) is 0. The molecule has 2 N–H and O–H groups in total. The fraction of sp³-hybridized carbons (Fsp3) is 1.00. The summed E-state index contributed by atoms with van der Waals surface area (Å²) in [6.45, 7) is 8.25. The molecule has 0 radical (unpaired) electrons. The highest BCUT2D eigenvalue weighted by atomic mass is 14.9. The van der Waals surface area contributed by atoms with Crippen LogP contribution < -0.4 is 10.6 Å². The Hall–Kier alpha value is -0.0800. The highest BCUT2D eigenvalue weighted by molar-refractivity contribution is 5.09. The van der Waals surface area contributed by atoms with Gasteiger partial charge in [-0.3, -0.25) is 0 Å². The van der Waals surface area contributed by atoms with Crippen LogP contribution in [-0.2, 0) is 0 Å². The lowest BCUT2D eigenvalue weighted by molar-refractivity contribution is 0.395. The molecule has 1 rings (SSSR count). The minimum atomic E-state index is 0.575. The van der Waals surface area contributed by atoms with Crippen molar-refractivity contribution in [1.82, 2.24) is 10.6 Å². The summed E-state index contributed by atoms with van der Waals surface area (Å²) < 4.78 is 0. The highest BCUT2D eigenvalue weighted by Gasteiger charge is 2.58. The molecular weight excluding hydrogens is 160 g/mol. The van der Waals surface area contributed by atoms with Crippen LogP contribution in [0.2, 0.25) is 0 Å². The van der Waals surface area contributed by atoms with Gasteiger partial charge in [-0.2, -0.15) is 0 Å². The van der Waals surface area contributed by atoms with Gasteiger partial charge in [0.25, 0.3) is 0 Å². The molecule has 4 unspecified atom stereocenters. The Morgan fingerprint density at radius 2 is 2.00 bits per heavy atom. The van der Waals surface area contributed by atoms with E-state index in [4.69, 9.17) is 0 Å². The largest absolute Gasteiger partial charge is 0.320 e. The SMILES string of the molecule is CNCCC1(C)C(C)C1C(C)NC. The van der Waals surface area contributed by atoms with Crippen molar-refractivity contribution >= 4 is 0 Å². The molecule has 0 spiro atoms. The van der Waals surface area contributed by atoms with Crippen molar-refractivity contribution in [1.29, 1.82) is 0 Å². The first-order chi connectivity index (χ1) is 6.07. The predicted molar refractivity (Wildman–Crippen MR) is 57.8 cm³/mol. The Labute approximate surface area is 82.5 Å². The van der Waals surface area contributed by atoms with Gasteiger partial charge < -0.3 is 10.6 Å². The van der Waals surface area contributed by atoms with Crippen molar-refractivity contribution in [3.63, 3.8) is 0 Å². The third-order valence-electron chi connectivity index (χ3n) is 4.14. The third kappa shape index (κ3) is 1.89. The molecule has 2 heteroatoms. The van der Waals surface area contributed by atoms with Gasteiger partial charge in [0.2, 0.25) is 0 Å². The first-order valence-corrected chi connectivity index (χ1v) is 5.39. The summed E-state index contributed by atoms with van der Waals surface area (Å²) >= 11 is 0. The van der Waals surface area contributed by atoms with Crippen LogP contribution in [0.5, 0.6) is 0 Å². The number of nitrogens with one attached hydrogen (secondary N) is 2. The second-order valence-electron chi connectivity index (χ2n) is 4.75. The van der Waals surface area contributed by atoms with Gasteiger partial charge in [0, 0.05) is 6.04 Å². The molecular formula is C11H24N2. The van der Waals surface area contributed by atoms with Crippen LogP contribution in [0.4, 0.5) is 0 Å². The summed E-state index contributed by atoms with van der Waals surface area (Å²) in [5.74, 6) is 1.74. The summed E-state index contributed by atoms with van der Waals surface area (Å²) in [6, 6.07) is 0.664. The molecule has 1 aliphatic carbocycles. The maximum atomic E-state index is 3.37. The van der Waals surface area contributed by atoms with Gasteiger partial charge in [-0.15, -0.1) is 0 Å². The zero-order valence-corrected chi connectivity index (χ0v) is 9.65. The molecule has 1 aliphatic rings. The maximum absolute atomic E-state index is 3.37. The molecule has 0 heterocycles. The van der Waals surface area contributed by atoms with Crippen molar-refractivity contribution in [2.75, 3.05) is 20.6 Å². The van der Waals surface area contributed by atoms with E-state index in [1.54, 1.807) is 0 Å². The lowest BCUT2D eigenvalue weighted by Crippen LogP contribution is -2.26. The molecule has 1 fully saturated rings. The standard InChI is InChI=1S/C11H24N2/c1-8-10(9(2)13-5)11(8,3)6-7-12-4/h8-10,12-13H,6-7H2,1-5H3. The van der Waals surface area contributed by atoms with Crippen LogP contribution in [0.3, 0.4) is 0 Å². The van der Waals surface area contributed by atoms with E-state index in [0.717, 1.165) is 18.4 Å². The molecule has 2 nitrogen and oxygen atoms in total. The molecule has 78 valence electrons. The predicted octanol–water partition coefficient (Wildman–Crippen LogP) is 1.48. The maximum Gasteiger partial charge on any atom is 0.00720 e. The zero-order chi connectivity index (χ0) is 10.1. The Morgan fingerprint density at radius 1 is 1.38 bits per heavy atom. The molecule has 0 aromatic rings. The normalized spacial score (nSPS) is 40.4. The lowest BCUT2D eigenvalue weighted by Gasteiger charge is -2.15.